The Bertz CT molecular complexity index is 1850. The van der Waals surface area contributed by atoms with E-state index >= 15 is 0 Å². The summed E-state index contributed by atoms with van der Waals surface area (Å²) in [5, 5.41) is 0.927. The number of halogens is 2. The van der Waals surface area contributed by atoms with E-state index in [9.17, 15) is 18.0 Å². The molecule has 0 saturated carbocycles. The average Bonchev–Trinajstić information content (AvgIpc) is 3.55. The quantitative estimate of drug-likeness (QED) is 0.133. The topological polar surface area (TPSA) is 97.1 Å². The van der Waals surface area contributed by atoms with E-state index in [4.69, 9.17) is 32.4 Å². The van der Waals surface area contributed by atoms with Crippen molar-refractivity contribution in [3.8, 4) is 0 Å². The van der Waals surface area contributed by atoms with Crippen molar-refractivity contribution in [3.63, 3.8) is 0 Å². The van der Waals surface area contributed by atoms with Gasteiger partial charge in [-0.15, -0.1) is 0 Å². The minimum absolute atomic E-state index is 0.0882. The van der Waals surface area contributed by atoms with Gasteiger partial charge in [0.15, 0.2) is 0 Å². The molecule has 1 aliphatic heterocycles. The first kappa shape index (κ1) is 31.3. The number of nitrogens with zero attached hydrogens (tertiary/aromatic N) is 2. The van der Waals surface area contributed by atoms with Gasteiger partial charge in [-0.25, -0.2) is 13.2 Å². The monoisotopic (exact) mass is 650 g/mol. The normalized spacial score (nSPS) is 14.6. The molecule has 0 bridgehead atoms. The van der Waals surface area contributed by atoms with Crippen molar-refractivity contribution in [1.29, 1.82) is 0 Å². The van der Waals surface area contributed by atoms with Gasteiger partial charge in [0.25, 0.3) is 5.91 Å². The van der Waals surface area contributed by atoms with E-state index in [0.29, 0.717) is 27.2 Å². The molecule has 4 aromatic rings. The highest BCUT2D eigenvalue weighted by Crippen LogP contribution is 2.36. The molecule has 0 unspecified atom stereocenters. The minimum atomic E-state index is -3.95. The van der Waals surface area contributed by atoms with Crippen LogP contribution in [0.5, 0.6) is 0 Å². The molecule has 0 N–H and O–H groups in total. The van der Waals surface area contributed by atoms with Crippen molar-refractivity contribution >= 4 is 56.9 Å². The van der Waals surface area contributed by atoms with Crippen LogP contribution in [0.2, 0.25) is 10.0 Å². The van der Waals surface area contributed by atoms with E-state index in [-0.39, 0.29) is 41.5 Å². The largest absolute Gasteiger partial charge is 0.462 e. The Morgan fingerprint density at radius 2 is 1.55 bits per heavy atom. The van der Waals surface area contributed by atoms with Gasteiger partial charge in [0.1, 0.15) is 11.5 Å². The summed E-state index contributed by atoms with van der Waals surface area (Å²) >= 11 is 12.0. The van der Waals surface area contributed by atoms with Crippen LogP contribution in [0.3, 0.4) is 0 Å². The van der Waals surface area contributed by atoms with Gasteiger partial charge in [0, 0.05) is 28.0 Å². The van der Waals surface area contributed by atoms with Crippen LogP contribution in [0, 0.1) is 0 Å². The molecule has 1 aromatic heterocycles. The SMILES string of the molecule is CCOC(=O)C1=C(C)N(c2ccc(Cl)cc2)C(=O)/C1=C/c1ccc(CN(Cc2ccccc2)S(=O)(=O)c2ccc(Cl)cc2)o1. The number of allylic oxidation sites excluding steroid dienone is 1. The number of anilines is 1. The molecule has 0 saturated heterocycles. The third-order valence-electron chi connectivity index (χ3n) is 6.92. The number of ether oxygens (including phenoxy) is 1. The fourth-order valence-electron chi connectivity index (χ4n) is 4.82. The molecule has 0 aliphatic carbocycles. The number of carbonyl (C=O) groups excluding carboxylic acids is 2. The molecule has 0 atom stereocenters. The van der Waals surface area contributed by atoms with E-state index in [1.54, 1.807) is 50.2 Å². The number of rotatable bonds is 10. The van der Waals surface area contributed by atoms with E-state index in [1.165, 1.54) is 39.5 Å². The van der Waals surface area contributed by atoms with Crippen LogP contribution in [0.15, 0.2) is 117 Å². The number of esters is 1. The first-order valence-corrected chi connectivity index (χ1v) is 15.9. The summed E-state index contributed by atoms with van der Waals surface area (Å²) in [5.41, 5.74) is 1.92. The molecular formula is C33H28Cl2N2O6S. The summed E-state index contributed by atoms with van der Waals surface area (Å²) in [6, 6.07) is 25.1. The van der Waals surface area contributed by atoms with Crippen molar-refractivity contribution in [2.45, 2.75) is 31.8 Å². The van der Waals surface area contributed by atoms with Crippen molar-refractivity contribution in [2.24, 2.45) is 0 Å². The Morgan fingerprint density at radius 1 is 0.909 bits per heavy atom. The summed E-state index contributed by atoms with van der Waals surface area (Å²) in [7, 11) is -3.95. The Hall–Kier alpha value is -4.15. The number of hydrogen-bond donors (Lipinski definition) is 0. The molecule has 1 aliphatic rings. The second-order valence-corrected chi connectivity index (χ2v) is 12.7. The third-order valence-corrected chi connectivity index (χ3v) is 9.23. The fourth-order valence-corrected chi connectivity index (χ4v) is 6.47. The molecule has 44 heavy (non-hydrogen) atoms. The van der Waals surface area contributed by atoms with Crippen LogP contribution in [-0.4, -0.2) is 31.2 Å². The third kappa shape index (κ3) is 6.66. The molecule has 0 radical (unpaired) electrons. The number of sulfonamides is 1. The highest BCUT2D eigenvalue weighted by Gasteiger charge is 2.38. The lowest BCUT2D eigenvalue weighted by Gasteiger charge is -2.21. The summed E-state index contributed by atoms with van der Waals surface area (Å²) in [6.45, 7) is 3.47. The lowest BCUT2D eigenvalue weighted by atomic mass is 10.1. The Balaban J connectivity index is 1.48. The highest BCUT2D eigenvalue weighted by molar-refractivity contribution is 7.89. The Labute approximate surface area is 265 Å². The van der Waals surface area contributed by atoms with Gasteiger partial charge in [-0.05, 0) is 86.2 Å². The summed E-state index contributed by atoms with van der Waals surface area (Å²) < 4.78 is 40.0. The molecule has 1 amide bonds. The number of benzene rings is 3. The van der Waals surface area contributed by atoms with Gasteiger partial charge >= 0.3 is 5.97 Å². The first-order chi connectivity index (χ1) is 21.1. The fraction of sp³-hybridized carbons (Fsp3) is 0.152. The van der Waals surface area contributed by atoms with Crippen molar-refractivity contribution in [2.75, 3.05) is 11.5 Å². The predicted octanol–water partition coefficient (Wildman–Crippen LogP) is 7.24. The summed E-state index contributed by atoms with van der Waals surface area (Å²) in [4.78, 5) is 28.2. The van der Waals surface area contributed by atoms with Gasteiger partial charge in [0.2, 0.25) is 10.0 Å². The van der Waals surface area contributed by atoms with Crippen LogP contribution >= 0.6 is 23.2 Å². The van der Waals surface area contributed by atoms with E-state index in [1.807, 2.05) is 30.3 Å². The first-order valence-electron chi connectivity index (χ1n) is 13.7. The van der Waals surface area contributed by atoms with Gasteiger partial charge < -0.3 is 9.15 Å². The number of hydrogen-bond acceptors (Lipinski definition) is 6. The van der Waals surface area contributed by atoms with Crippen LogP contribution in [0.25, 0.3) is 6.08 Å². The second kappa shape index (κ2) is 13.2. The van der Waals surface area contributed by atoms with Gasteiger partial charge in [-0.1, -0.05) is 53.5 Å². The maximum absolute atomic E-state index is 13.7. The standard InChI is InChI=1S/C33H28Cl2N2O6S/c1-3-42-33(39)31-22(2)37(26-13-9-24(34)10-14-26)32(38)30(31)19-27-15-16-28(43-27)21-36(20-23-7-5-4-6-8-23)44(40,41)29-17-11-25(35)12-18-29/h4-19H,3,20-21H2,1-2H3/b30-19+. The van der Waals surface area contributed by atoms with Crippen LogP contribution in [0.4, 0.5) is 5.69 Å². The summed E-state index contributed by atoms with van der Waals surface area (Å²) in [5.74, 6) is -0.485. The smallest absolute Gasteiger partial charge is 0.340 e. The predicted molar refractivity (Wildman–Crippen MR) is 169 cm³/mol. The lowest BCUT2D eigenvalue weighted by Crippen LogP contribution is -2.30. The molecule has 0 fully saturated rings. The molecular weight excluding hydrogens is 623 g/mol. The highest BCUT2D eigenvalue weighted by atomic mass is 35.5. The lowest BCUT2D eigenvalue weighted by molar-refractivity contribution is -0.138. The van der Waals surface area contributed by atoms with Crippen LogP contribution in [0.1, 0.15) is 30.9 Å². The molecule has 5 rings (SSSR count). The van der Waals surface area contributed by atoms with Crippen LogP contribution in [-0.2, 0) is 37.4 Å². The van der Waals surface area contributed by atoms with Crippen molar-refractivity contribution in [1.82, 2.24) is 4.31 Å². The van der Waals surface area contributed by atoms with E-state index in [2.05, 4.69) is 0 Å². The van der Waals surface area contributed by atoms with Crippen molar-refractivity contribution < 1.29 is 27.2 Å². The average molecular weight is 652 g/mol. The zero-order valence-electron chi connectivity index (χ0n) is 23.9. The van der Waals surface area contributed by atoms with Gasteiger partial charge in [-0.2, -0.15) is 4.31 Å². The zero-order chi connectivity index (χ0) is 31.4. The van der Waals surface area contributed by atoms with Crippen molar-refractivity contribution in [3.05, 3.63) is 135 Å². The number of amides is 1. The summed E-state index contributed by atoms with van der Waals surface area (Å²) in [6.07, 6.45) is 1.47. The molecule has 2 heterocycles. The molecule has 3 aromatic carbocycles. The Kier molecular flexibility index (Phi) is 9.41. The van der Waals surface area contributed by atoms with Gasteiger partial charge in [-0.3, -0.25) is 9.69 Å². The van der Waals surface area contributed by atoms with Crippen LogP contribution < -0.4 is 4.90 Å². The molecule has 11 heteroatoms. The molecule has 8 nitrogen and oxygen atoms in total. The van der Waals surface area contributed by atoms with E-state index < -0.39 is 21.9 Å². The van der Waals surface area contributed by atoms with Gasteiger partial charge in [0.05, 0.1) is 29.2 Å². The number of carbonyl (C=O) groups is 2. The van der Waals surface area contributed by atoms with E-state index in [0.717, 1.165) is 5.56 Å². The molecule has 226 valence electrons. The zero-order valence-corrected chi connectivity index (χ0v) is 26.2. The Morgan fingerprint density at radius 3 is 2.18 bits per heavy atom. The minimum Gasteiger partial charge on any atom is -0.462 e. The molecule has 0 spiro atoms. The maximum Gasteiger partial charge on any atom is 0.340 e. The maximum atomic E-state index is 13.7. The second-order valence-electron chi connectivity index (χ2n) is 9.87. The number of furan rings is 1.